The third-order valence-corrected chi connectivity index (χ3v) is 7.64. The summed E-state index contributed by atoms with van der Waals surface area (Å²) in [6.45, 7) is 9.52. The number of benzene rings is 2. The lowest BCUT2D eigenvalue weighted by Crippen LogP contribution is -2.22. The SMILES string of the molecule is CCCCCN(C)CCCC(=O)COCc1ccccc1-c1ccccc1COCC(=O)CCCN(C)CCCCC. The Bertz CT molecular complexity index is 943. The van der Waals surface area contributed by atoms with Crippen molar-refractivity contribution < 1.29 is 19.1 Å². The topological polar surface area (TPSA) is 59.1 Å². The summed E-state index contributed by atoms with van der Waals surface area (Å²) in [5, 5.41) is 0. The van der Waals surface area contributed by atoms with E-state index in [0.717, 1.165) is 61.3 Å². The summed E-state index contributed by atoms with van der Waals surface area (Å²) in [5.74, 6) is 0.298. The molecular formula is C36H56N2O4. The number of carbonyl (C=O) groups excluding carboxylic acids is 2. The third kappa shape index (κ3) is 15.2. The van der Waals surface area contributed by atoms with Crippen molar-refractivity contribution >= 4 is 11.6 Å². The summed E-state index contributed by atoms with van der Waals surface area (Å²) in [5.41, 5.74) is 4.20. The summed E-state index contributed by atoms with van der Waals surface area (Å²) in [6, 6.07) is 16.3. The van der Waals surface area contributed by atoms with Gasteiger partial charge in [-0.3, -0.25) is 9.59 Å². The minimum Gasteiger partial charge on any atom is -0.369 e. The Hall–Kier alpha value is -2.38. The highest BCUT2D eigenvalue weighted by atomic mass is 16.5. The number of Topliss-reactive ketones (excluding diaryl/α,β-unsaturated/α-hetero) is 2. The van der Waals surface area contributed by atoms with E-state index in [-0.39, 0.29) is 24.8 Å². The second-order valence-electron chi connectivity index (χ2n) is 11.6. The number of carbonyl (C=O) groups is 2. The summed E-state index contributed by atoms with van der Waals surface area (Å²) in [7, 11) is 4.26. The van der Waals surface area contributed by atoms with Gasteiger partial charge >= 0.3 is 0 Å². The van der Waals surface area contributed by atoms with Crippen LogP contribution >= 0.6 is 0 Å². The van der Waals surface area contributed by atoms with Crippen LogP contribution < -0.4 is 0 Å². The summed E-state index contributed by atoms with van der Waals surface area (Å²) in [4.78, 5) is 29.5. The second kappa shape index (κ2) is 22.2. The smallest absolute Gasteiger partial charge is 0.158 e. The maximum atomic E-state index is 12.4. The van der Waals surface area contributed by atoms with Crippen molar-refractivity contribution in [2.75, 3.05) is 53.5 Å². The lowest BCUT2D eigenvalue weighted by atomic mass is 9.96. The molecule has 0 N–H and O–H groups in total. The first-order valence-corrected chi connectivity index (χ1v) is 16.2. The highest BCUT2D eigenvalue weighted by molar-refractivity contribution is 5.80. The van der Waals surface area contributed by atoms with Crippen LogP contribution in [0.25, 0.3) is 11.1 Å². The van der Waals surface area contributed by atoms with Gasteiger partial charge in [0.25, 0.3) is 0 Å². The fraction of sp³-hybridized carbons (Fsp3) is 0.611. The maximum absolute atomic E-state index is 12.4. The van der Waals surface area contributed by atoms with Gasteiger partial charge in [0.2, 0.25) is 0 Å². The van der Waals surface area contributed by atoms with Gasteiger partial charge in [0.05, 0.1) is 13.2 Å². The number of ether oxygens (including phenoxy) is 2. The minimum absolute atomic E-state index is 0.134. The van der Waals surface area contributed by atoms with Gasteiger partial charge in [0.1, 0.15) is 13.2 Å². The number of hydrogen-bond donors (Lipinski definition) is 0. The van der Waals surface area contributed by atoms with Crippen molar-refractivity contribution in [2.24, 2.45) is 0 Å². The quantitative estimate of drug-likeness (QED) is 0.115. The van der Waals surface area contributed by atoms with E-state index in [9.17, 15) is 9.59 Å². The van der Waals surface area contributed by atoms with Crippen LogP contribution in [0, 0.1) is 0 Å². The van der Waals surface area contributed by atoms with Gasteiger partial charge < -0.3 is 19.3 Å². The molecule has 0 aliphatic carbocycles. The molecule has 2 aromatic carbocycles. The first kappa shape index (κ1) is 35.8. The number of rotatable bonds is 25. The molecule has 2 rings (SSSR count). The van der Waals surface area contributed by atoms with Crippen LogP contribution in [-0.2, 0) is 32.3 Å². The van der Waals surface area contributed by atoms with Crippen LogP contribution in [0.1, 0.15) is 89.2 Å². The van der Waals surface area contributed by atoms with Crippen LogP contribution in [0.2, 0.25) is 0 Å². The van der Waals surface area contributed by atoms with Gasteiger partial charge in [-0.2, -0.15) is 0 Å². The first-order valence-electron chi connectivity index (χ1n) is 16.2. The number of nitrogens with zero attached hydrogens (tertiary/aromatic N) is 2. The maximum Gasteiger partial charge on any atom is 0.158 e. The largest absolute Gasteiger partial charge is 0.369 e. The third-order valence-electron chi connectivity index (χ3n) is 7.64. The molecule has 0 heterocycles. The highest BCUT2D eigenvalue weighted by Crippen LogP contribution is 2.28. The fourth-order valence-corrected chi connectivity index (χ4v) is 5.09. The predicted molar refractivity (Wildman–Crippen MR) is 174 cm³/mol. The zero-order valence-corrected chi connectivity index (χ0v) is 26.9. The van der Waals surface area contributed by atoms with Gasteiger partial charge in [-0.1, -0.05) is 88.1 Å². The summed E-state index contributed by atoms with van der Waals surface area (Å²) < 4.78 is 11.7. The van der Waals surface area contributed by atoms with E-state index < -0.39 is 0 Å². The molecule has 2 aromatic rings. The van der Waals surface area contributed by atoms with Crippen molar-refractivity contribution in [3.05, 3.63) is 59.7 Å². The molecule has 6 heteroatoms. The van der Waals surface area contributed by atoms with Crippen LogP contribution in [0.4, 0.5) is 0 Å². The molecule has 0 fully saturated rings. The van der Waals surface area contributed by atoms with Crippen molar-refractivity contribution in [3.63, 3.8) is 0 Å². The van der Waals surface area contributed by atoms with Crippen LogP contribution in [0.3, 0.4) is 0 Å². The van der Waals surface area contributed by atoms with Crippen molar-refractivity contribution in [3.8, 4) is 11.1 Å². The van der Waals surface area contributed by atoms with Gasteiger partial charge in [0.15, 0.2) is 11.6 Å². The molecule has 234 valence electrons. The molecule has 6 nitrogen and oxygen atoms in total. The van der Waals surface area contributed by atoms with Crippen LogP contribution in [0.5, 0.6) is 0 Å². The Morgan fingerprint density at radius 1 is 0.571 bits per heavy atom. The molecule has 0 aliphatic rings. The normalized spacial score (nSPS) is 11.5. The molecule has 0 atom stereocenters. The molecule has 0 spiro atoms. The molecule has 0 aliphatic heterocycles. The van der Waals surface area contributed by atoms with E-state index in [2.05, 4.69) is 49.9 Å². The lowest BCUT2D eigenvalue weighted by Gasteiger charge is -2.16. The zero-order valence-electron chi connectivity index (χ0n) is 26.9. The Morgan fingerprint density at radius 2 is 0.952 bits per heavy atom. The monoisotopic (exact) mass is 580 g/mol. The molecule has 0 saturated carbocycles. The molecule has 0 amide bonds. The minimum atomic E-state index is 0.134. The van der Waals surface area contributed by atoms with Gasteiger partial charge in [-0.05, 0) is 88.2 Å². The fourth-order valence-electron chi connectivity index (χ4n) is 5.09. The number of unbranched alkanes of at least 4 members (excludes halogenated alkanes) is 4. The van der Waals surface area contributed by atoms with E-state index >= 15 is 0 Å². The number of ketones is 2. The van der Waals surface area contributed by atoms with Crippen molar-refractivity contribution in [1.82, 2.24) is 9.80 Å². The standard InChI is InChI=1S/C36H56N2O4/c1-5-7-13-23-37(3)25-15-19-33(39)29-41-27-31-17-9-11-21-35(31)36-22-12-10-18-32(36)28-42-30-34(40)20-16-26-38(4)24-14-8-6-2/h9-12,17-18,21-22H,5-8,13-16,19-20,23-30H2,1-4H3. The Labute approximate surface area is 255 Å². The van der Waals surface area contributed by atoms with Crippen molar-refractivity contribution in [2.45, 2.75) is 91.3 Å². The molecule has 0 aromatic heterocycles. The van der Waals surface area contributed by atoms with Crippen molar-refractivity contribution in [1.29, 1.82) is 0 Å². The summed E-state index contributed by atoms with van der Waals surface area (Å²) in [6.07, 6.45) is 10.2. The van der Waals surface area contributed by atoms with E-state index in [4.69, 9.17) is 9.47 Å². The zero-order chi connectivity index (χ0) is 30.4. The van der Waals surface area contributed by atoms with E-state index in [1.165, 1.54) is 38.5 Å². The average Bonchev–Trinajstić information content (AvgIpc) is 2.98. The van der Waals surface area contributed by atoms with Gasteiger partial charge in [-0.25, -0.2) is 0 Å². The molecule has 0 bridgehead atoms. The number of hydrogen-bond acceptors (Lipinski definition) is 6. The molecule has 0 unspecified atom stereocenters. The first-order chi connectivity index (χ1) is 20.4. The van der Waals surface area contributed by atoms with Crippen LogP contribution in [-0.4, -0.2) is 74.9 Å². The molecule has 0 radical (unpaired) electrons. The van der Waals surface area contributed by atoms with E-state index in [1.54, 1.807) is 0 Å². The molecule has 0 saturated heterocycles. The Kier molecular flexibility index (Phi) is 18.9. The Morgan fingerprint density at radius 3 is 1.36 bits per heavy atom. The van der Waals surface area contributed by atoms with Gasteiger partial charge in [0, 0.05) is 12.8 Å². The van der Waals surface area contributed by atoms with Crippen LogP contribution in [0.15, 0.2) is 48.5 Å². The Balaban J connectivity index is 1.79. The van der Waals surface area contributed by atoms with Gasteiger partial charge in [-0.15, -0.1) is 0 Å². The van der Waals surface area contributed by atoms with E-state index in [1.807, 2.05) is 36.4 Å². The molecular weight excluding hydrogens is 524 g/mol. The highest BCUT2D eigenvalue weighted by Gasteiger charge is 2.12. The average molecular weight is 581 g/mol. The summed E-state index contributed by atoms with van der Waals surface area (Å²) >= 11 is 0. The second-order valence-corrected chi connectivity index (χ2v) is 11.6. The predicted octanol–water partition coefficient (Wildman–Crippen LogP) is 7.33. The lowest BCUT2D eigenvalue weighted by molar-refractivity contribution is -0.124. The molecule has 42 heavy (non-hydrogen) atoms. The van der Waals surface area contributed by atoms with E-state index in [0.29, 0.717) is 26.1 Å².